The maximum absolute atomic E-state index is 12.9. The summed E-state index contributed by atoms with van der Waals surface area (Å²) in [4.78, 5) is 38.4. The minimum absolute atomic E-state index is 0.0145. The van der Waals surface area contributed by atoms with Gasteiger partial charge in [0.2, 0.25) is 0 Å². The molecule has 35 heavy (non-hydrogen) atoms. The van der Waals surface area contributed by atoms with Gasteiger partial charge in [-0.2, -0.15) is 0 Å². The topological polar surface area (TPSA) is 84.9 Å². The zero-order valence-electron chi connectivity index (χ0n) is 20.6. The maximum atomic E-state index is 12.9. The molecule has 0 spiro atoms. The second-order valence-electron chi connectivity index (χ2n) is 8.76. The molecule has 0 unspecified atom stereocenters. The van der Waals surface area contributed by atoms with Gasteiger partial charge in [-0.05, 0) is 43.9 Å². The second-order valence-corrected chi connectivity index (χ2v) is 9.70. The number of aromatic nitrogens is 2. The highest BCUT2D eigenvalue weighted by molar-refractivity contribution is 7.98. The number of amides is 1. The summed E-state index contributed by atoms with van der Waals surface area (Å²) in [5, 5.41) is 0.774. The number of anilines is 1. The summed E-state index contributed by atoms with van der Waals surface area (Å²) in [5.41, 5.74) is 2.83. The van der Waals surface area contributed by atoms with E-state index in [-0.39, 0.29) is 17.8 Å². The maximum Gasteiger partial charge on any atom is 0.309 e. The molecule has 1 amide bonds. The van der Waals surface area contributed by atoms with Crippen molar-refractivity contribution >= 4 is 29.5 Å². The molecule has 9 heteroatoms. The van der Waals surface area contributed by atoms with Crippen molar-refractivity contribution in [3.05, 3.63) is 47.2 Å². The third-order valence-corrected chi connectivity index (χ3v) is 7.33. The van der Waals surface area contributed by atoms with Crippen LogP contribution in [0.4, 0.5) is 5.82 Å². The van der Waals surface area contributed by atoms with Crippen LogP contribution < -0.4 is 4.90 Å². The average molecular weight is 499 g/mol. The Morgan fingerprint density at radius 2 is 1.77 bits per heavy atom. The van der Waals surface area contributed by atoms with E-state index in [1.807, 2.05) is 36.1 Å². The number of esters is 1. The summed E-state index contributed by atoms with van der Waals surface area (Å²) < 4.78 is 10.6. The van der Waals surface area contributed by atoms with Crippen LogP contribution in [0.25, 0.3) is 0 Å². The Morgan fingerprint density at radius 1 is 1.06 bits per heavy atom. The van der Waals surface area contributed by atoms with Crippen LogP contribution in [0.1, 0.15) is 48.3 Å². The van der Waals surface area contributed by atoms with Gasteiger partial charge in [-0.3, -0.25) is 9.59 Å². The fraction of sp³-hybridized carbons (Fsp3) is 0.538. The Hall–Kier alpha value is -2.65. The van der Waals surface area contributed by atoms with Gasteiger partial charge in [-0.25, -0.2) is 9.97 Å². The van der Waals surface area contributed by atoms with Crippen molar-refractivity contribution < 1.29 is 19.1 Å². The van der Waals surface area contributed by atoms with Crippen molar-refractivity contribution in [3.8, 4) is 0 Å². The summed E-state index contributed by atoms with van der Waals surface area (Å²) in [6.07, 6.45) is 2.17. The first-order chi connectivity index (χ1) is 17.1. The Morgan fingerprint density at radius 3 is 2.43 bits per heavy atom. The minimum atomic E-state index is -0.146. The molecular formula is C26H34N4O4S. The molecule has 8 nitrogen and oxygen atoms in total. The van der Waals surface area contributed by atoms with Crippen molar-refractivity contribution in [2.75, 3.05) is 50.9 Å². The monoisotopic (exact) mass is 498 g/mol. The largest absolute Gasteiger partial charge is 0.466 e. The summed E-state index contributed by atoms with van der Waals surface area (Å²) in [6.45, 7) is 8.62. The Kier molecular flexibility index (Phi) is 8.98. The van der Waals surface area contributed by atoms with Crippen LogP contribution in [0.5, 0.6) is 0 Å². The average Bonchev–Trinajstić information content (AvgIpc) is 2.92. The Bertz CT molecular complexity index is 1000. The van der Waals surface area contributed by atoms with E-state index < -0.39 is 0 Å². The highest BCUT2D eigenvalue weighted by atomic mass is 32.2. The van der Waals surface area contributed by atoms with Crippen molar-refractivity contribution in [1.29, 1.82) is 0 Å². The SMILES string of the molecule is CCOC(=O)C1CCN(C(=O)c2ccc(CSc3nc(CC)cc(N4CCOCC4)n3)cc2)CC1. The molecule has 0 saturated carbocycles. The van der Waals surface area contributed by atoms with E-state index in [4.69, 9.17) is 19.4 Å². The number of aryl methyl sites for hydroxylation is 1. The van der Waals surface area contributed by atoms with E-state index in [0.29, 0.717) is 38.1 Å². The summed E-state index contributed by atoms with van der Waals surface area (Å²) in [7, 11) is 0. The van der Waals surface area contributed by atoms with Gasteiger partial charge < -0.3 is 19.3 Å². The van der Waals surface area contributed by atoms with Gasteiger partial charge in [-0.1, -0.05) is 30.8 Å². The Balaban J connectivity index is 1.32. The highest BCUT2D eigenvalue weighted by Gasteiger charge is 2.28. The summed E-state index contributed by atoms with van der Waals surface area (Å²) >= 11 is 1.61. The molecular weight excluding hydrogens is 464 g/mol. The predicted molar refractivity (Wildman–Crippen MR) is 136 cm³/mol. The second kappa shape index (κ2) is 12.4. The number of benzene rings is 1. The molecule has 188 valence electrons. The number of hydrogen-bond donors (Lipinski definition) is 0. The molecule has 0 bridgehead atoms. The number of rotatable bonds is 8. The van der Waals surface area contributed by atoms with Crippen LogP contribution in [0.3, 0.4) is 0 Å². The van der Waals surface area contributed by atoms with Crippen LogP contribution in [0.2, 0.25) is 0 Å². The van der Waals surface area contributed by atoms with Crippen LogP contribution in [-0.2, 0) is 26.4 Å². The fourth-order valence-corrected chi connectivity index (χ4v) is 5.14. The number of thioether (sulfide) groups is 1. The number of morpholine rings is 1. The van der Waals surface area contributed by atoms with Crippen LogP contribution in [-0.4, -0.2) is 72.7 Å². The first kappa shape index (κ1) is 25.4. The van der Waals surface area contributed by atoms with Crippen molar-refractivity contribution in [3.63, 3.8) is 0 Å². The summed E-state index contributed by atoms with van der Waals surface area (Å²) in [5.74, 6) is 1.47. The lowest BCUT2D eigenvalue weighted by molar-refractivity contribution is -0.149. The molecule has 2 aliphatic heterocycles. The number of likely N-dealkylation sites (tertiary alicyclic amines) is 1. The predicted octanol–water partition coefficient (Wildman–Crippen LogP) is 3.58. The standard InChI is InChI=1S/C26H34N4O4S/c1-3-22-17-23(29-13-15-33-16-14-29)28-26(27-22)35-18-19-5-7-20(8-6-19)24(31)30-11-9-21(10-12-30)25(32)34-4-2/h5-8,17,21H,3-4,9-16,18H2,1-2H3. The van der Waals surface area contributed by atoms with Crippen molar-refractivity contribution in [1.82, 2.24) is 14.9 Å². The molecule has 2 saturated heterocycles. The first-order valence-corrected chi connectivity index (χ1v) is 13.4. The molecule has 4 rings (SSSR count). The van der Waals surface area contributed by atoms with E-state index in [1.54, 1.807) is 11.8 Å². The van der Waals surface area contributed by atoms with Gasteiger partial charge >= 0.3 is 5.97 Å². The molecule has 0 N–H and O–H groups in total. The van der Waals surface area contributed by atoms with Crippen molar-refractivity contribution in [2.45, 2.75) is 44.0 Å². The smallest absolute Gasteiger partial charge is 0.309 e. The first-order valence-electron chi connectivity index (χ1n) is 12.5. The molecule has 2 aliphatic rings. The molecule has 2 aromatic rings. The van der Waals surface area contributed by atoms with E-state index in [1.165, 1.54) is 0 Å². The van der Waals surface area contributed by atoms with Crippen LogP contribution >= 0.6 is 11.8 Å². The minimum Gasteiger partial charge on any atom is -0.466 e. The molecule has 3 heterocycles. The zero-order valence-corrected chi connectivity index (χ0v) is 21.4. The molecule has 0 atom stereocenters. The van der Waals surface area contributed by atoms with Gasteiger partial charge in [0.25, 0.3) is 5.91 Å². The third kappa shape index (κ3) is 6.73. The quantitative estimate of drug-likeness (QED) is 0.310. The van der Waals surface area contributed by atoms with E-state index in [2.05, 4.69) is 17.9 Å². The molecule has 1 aromatic carbocycles. The number of ether oxygens (including phenoxy) is 2. The molecule has 0 aliphatic carbocycles. The Labute approximate surface area is 211 Å². The van der Waals surface area contributed by atoms with Gasteiger partial charge in [0, 0.05) is 49.3 Å². The van der Waals surface area contributed by atoms with Gasteiger partial charge in [-0.15, -0.1) is 0 Å². The third-order valence-electron chi connectivity index (χ3n) is 6.41. The van der Waals surface area contributed by atoms with Gasteiger partial charge in [0.15, 0.2) is 5.16 Å². The van der Waals surface area contributed by atoms with Crippen LogP contribution in [0.15, 0.2) is 35.5 Å². The molecule has 2 fully saturated rings. The van der Waals surface area contributed by atoms with Gasteiger partial charge in [0.1, 0.15) is 5.82 Å². The number of carbonyl (C=O) groups is 2. The molecule has 1 aromatic heterocycles. The van der Waals surface area contributed by atoms with Crippen molar-refractivity contribution in [2.24, 2.45) is 5.92 Å². The lowest BCUT2D eigenvalue weighted by atomic mass is 9.96. The van der Waals surface area contributed by atoms with Crippen LogP contribution in [0, 0.1) is 5.92 Å². The number of piperidine rings is 1. The van der Waals surface area contributed by atoms with E-state index >= 15 is 0 Å². The summed E-state index contributed by atoms with van der Waals surface area (Å²) in [6, 6.07) is 9.85. The molecule has 0 radical (unpaired) electrons. The normalized spacial score (nSPS) is 16.9. The van der Waals surface area contributed by atoms with Gasteiger partial charge in [0.05, 0.1) is 25.7 Å². The lowest BCUT2D eigenvalue weighted by Crippen LogP contribution is -2.40. The van der Waals surface area contributed by atoms with E-state index in [0.717, 1.165) is 60.7 Å². The fourth-order valence-electron chi connectivity index (χ4n) is 4.31. The number of carbonyl (C=O) groups excluding carboxylic acids is 2. The zero-order chi connectivity index (χ0) is 24.6. The highest BCUT2D eigenvalue weighted by Crippen LogP contribution is 2.25. The van der Waals surface area contributed by atoms with E-state index in [9.17, 15) is 9.59 Å². The number of hydrogen-bond acceptors (Lipinski definition) is 8. The number of nitrogens with zero attached hydrogens (tertiary/aromatic N) is 4. The lowest BCUT2D eigenvalue weighted by Gasteiger charge is -2.31.